The van der Waals surface area contributed by atoms with E-state index >= 15 is 0 Å². The number of nitrogens with one attached hydrogen (secondary N) is 4. The minimum absolute atomic E-state index is 0.100. The smallest absolute Gasteiger partial charge is 0.171 e. The van der Waals surface area contributed by atoms with Gasteiger partial charge in [0, 0.05) is 19.9 Å². The number of H-pyrrole nitrogens is 1. The zero-order chi connectivity index (χ0) is 11.8. The van der Waals surface area contributed by atoms with Gasteiger partial charge in [-0.15, -0.1) is 0 Å². The second kappa shape index (κ2) is 3.88. The molecule has 2 rings (SSSR count). The first-order chi connectivity index (χ1) is 7.65. The van der Waals surface area contributed by atoms with Crippen LogP contribution >= 0.6 is 0 Å². The summed E-state index contributed by atoms with van der Waals surface area (Å²) in [6.07, 6.45) is 1.15. The number of anilines is 1. The molecule has 4 N–H and O–H groups in total. The maximum absolute atomic E-state index is 12.1. The molecule has 6 nitrogen and oxygen atoms in total. The maximum atomic E-state index is 12.1. The molecule has 16 heavy (non-hydrogen) atoms. The predicted octanol–water partition coefficient (Wildman–Crippen LogP) is -0.285. The normalized spacial score (nSPS) is 18.3. The van der Waals surface area contributed by atoms with Gasteiger partial charge < -0.3 is 16.0 Å². The zero-order valence-corrected chi connectivity index (χ0v) is 9.77. The van der Waals surface area contributed by atoms with Gasteiger partial charge in [-0.1, -0.05) is 0 Å². The fourth-order valence-corrected chi connectivity index (χ4v) is 2.19. The highest BCUT2D eigenvalue weighted by Gasteiger charge is 2.38. The van der Waals surface area contributed by atoms with Gasteiger partial charge in [-0.25, -0.2) is 0 Å². The first kappa shape index (κ1) is 11.1. The summed E-state index contributed by atoms with van der Waals surface area (Å²) in [5, 5.41) is 16.3. The fourth-order valence-electron chi connectivity index (χ4n) is 2.19. The molecule has 0 bridgehead atoms. The van der Waals surface area contributed by atoms with Crippen molar-refractivity contribution in [1.82, 2.24) is 20.8 Å². The number of nitrogens with zero attached hydrogens (tertiary/aromatic N) is 1. The molecule has 1 aromatic heterocycles. The Balaban J connectivity index is 2.41. The lowest BCUT2D eigenvalue weighted by molar-refractivity contribution is 0.0904. The molecule has 0 spiro atoms. The van der Waals surface area contributed by atoms with Crippen LogP contribution in [0.3, 0.4) is 0 Å². The number of aromatic amines is 1. The largest absolute Gasteiger partial charge is 0.371 e. The molecule has 1 heterocycles. The molecular weight excluding hydrogens is 206 g/mol. The van der Waals surface area contributed by atoms with Crippen molar-refractivity contribution in [3.05, 3.63) is 11.3 Å². The molecule has 0 atom stereocenters. The van der Waals surface area contributed by atoms with Gasteiger partial charge in [0.25, 0.3) is 0 Å². The number of aromatic nitrogens is 2. The Bertz CT molecular complexity index is 407. The summed E-state index contributed by atoms with van der Waals surface area (Å²) in [7, 11) is 5.47. The van der Waals surface area contributed by atoms with Crippen LogP contribution in [0.2, 0.25) is 0 Å². The van der Waals surface area contributed by atoms with Gasteiger partial charge in [-0.3, -0.25) is 9.89 Å². The summed E-state index contributed by atoms with van der Waals surface area (Å²) < 4.78 is 0. The first-order valence-corrected chi connectivity index (χ1v) is 5.32. The van der Waals surface area contributed by atoms with Crippen LogP contribution in [0, 0.1) is 0 Å². The van der Waals surface area contributed by atoms with Gasteiger partial charge in [0.2, 0.25) is 0 Å². The molecule has 0 saturated heterocycles. The molecule has 1 aromatic rings. The molecule has 1 aliphatic carbocycles. The number of hydrogen-bond acceptors (Lipinski definition) is 5. The monoisotopic (exact) mass is 223 g/mol. The van der Waals surface area contributed by atoms with Gasteiger partial charge in [-0.2, -0.15) is 5.10 Å². The molecule has 0 unspecified atom stereocenters. The van der Waals surface area contributed by atoms with E-state index in [1.54, 1.807) is 7.05 Å². The minimum Gasteiger partial charge on any atom is -0.371 e. The van der Waals surface area contributed by atoms with Crippen molar-refractivity contribution in [2.45, 2.75) is 18.5 Å². The Morgan fingerprint density at radius 1 is 1.25 bits per heavy atom. The molecule has 0 saturated carbocycles. The second-order valence-corrected chi connectivity index (χ2v) is 4.03. The van der Waals surface area contributed by atoms with E-state index in [0.717, 1.165) is 12.1 Å². The highest BCUT2D eigenvalue weighted by Crippen LogP contribution is 2.29. The lowest BCUT2D eigenvalue weighted by Crippen LogP contribution is -2.58. The highest BCUT2D eigenvalue weighted by atomic mass is 16.1. The van der Waals surface area contributed by atoms with E-state index in [2.05, 4.69) is 26.1 Å². The van der Waals surface area contributed by atoms with Gasteiger partial charge >= 0.3 is 0 Å². The summed E-state index contributed by atoms with van der Waals surface area (Å²) in [5.74, 6) is 0.740. The number of likely N-dealkylation sites (N-methyl/N-ethyl adjacent to an activating group) is 2. The van der Waals surface area contributed by atoms with E-state index in [0.29, 0.717) is 17.8 Å². The van der Waals surface area contributed by atoms with Crippen LogP contribution in [0.15, 0.2) is 0 Å². The van der Waals surface area contributed by atoms with Crippen LogP contribution < -0.4 is 16.0 Å². The third-order valence-electron chi connectivity index (χ3n) is 3.25. The topological polar surface area (TPSA) is 81.8 Å². The van der Waals surface area contributed by atoms with Crippen LogP contribution in [-0.4, -0.2) is 42.8 Å². The summed E-state index contributed by atoms with van der Waals surface area (Å²) in [4.78, 5) is 12.1. The number of hydrogen-bond donors (Lipinski definition) is 4. The molecule has 0 amide bonds. The number of fused-ring (bicyclic) bond motifs is 1. The Kier molecular flexibility index (Phi) is 2.69. The molecule has 0 aliphatic heterocycles. The zero-order valence-electron chi connectivity index (χ0n) is 9.77. The Hall–Kier alpha value is -1.40. The average molecular weight is 223 g/mol. The lowest BCUT2D eigenvalue weighted by Gasteiger charge is -2.35. The molecular formula is C10H17N5O. The fraction of sp³-hybridized carbons (Fsp3) is 0.600. The summed E-state index contributed by atoms with van der Waals surface area (Å²) in [6.45, 7) is 0. The average Bonchev–Trinajstić information content (AvgIpc) is 2.72. The second-order valence-electron chi connectivity index (χ2n) is 4.03. The quantitative estimate of drug-likeness (QED) is 0.530. The van der Waals surface area contributed by atoms with Crippen LogP contribution in [0.5, 0.6) is 0 Å². The SMILES string of the molecule is CNc1n[nH]c2c1C(=O)CC(NC)(NC)C2. The Morgan fingerprint density at radius 3 is 2.50 bits per heavy atom. The number of ketones is 1. The van der Waals surface area contributed by atoms with E-state index < -0.39 is 0 Å². The van der Waals surface area contributed by atoms with Crippen molar-refractivity contribution in [1.29, 1.82) is 0 Å². The standard InChI is InChI=1S/C10H17N5O/c1-11-9-8-6(14-15-9)4-10(12-2,13-3)5-7(8)16/h12-13H,4-5H2,1-3H3,(H2,11,14,15). The number of carbonyl (C=O) groups excluding carboxylic acids is 1. The van der Waals surface area contributed by atoms with Crippen molar-refractivity contribution in [2.24, 2.45) is 0 Å². The third-order valence-corrected chi connectivity index (χ3v) is 3.25. The Labute approximate surface area is 94.2 Å². The molecule has 88 valence electrons. The Morgan fingerprint density at radius 2 is 1.94 bits per heavy atom. The number of rotatable bonds is 3. The molecule has 0 radical (unpaired) electrons. The lowest BCUT2D eigenvalue weighted by atomic mass is 9.86. The summed E-state index contributed by atoms with van der Waals surface area (Å²) >= 11 is 0. The van der Waals surface area contributed by atoms with Crippen molar-refractivity contribution in [3.8, 4) is 0 Å². The predicted molar refractivity (Wildman–Crippen MR) is 61.6 cm³/mol. The number of carbonyl (C=O) groups is 1. The van der Waals surface area contributed by atoms with Gasteiger partial charge in [0.05, 0.1) is 16.9 Å². The minimum atomic E-state index is -0.359. The van der Waals surface area contributed by atoms with E-state index in [9.17, 15) is 4.79 Å². The summed E-state index contributed by atoms with van der Waals surface area (Å²) in [5.41, 5.74) is 1.22. The van der Waals surface area contributed by atoms with Gasteiger partial charge in [-0.05, 0) is 14.1 Å². The van der Waals surface area contributed by atoms with E-state index in [1.807, 2.05) is 14.1 Å². The van der Waals surface area contributed by atoms with Crippen LogP contribution in [0.1, 0.15) is 22.5 Å². The highest BCUT2D eigenvalue weighted by molar-refractivity contribution is 6.03. The molecule has 6 heteroatoms. The van der Waals surface area contributed by atoms with Crippen molar-refractivity contribution < 1.29 is 4.79 Å². The molecule has 1 aliphatic rings. The summed E-state index contributed by atoms with van der Waals surface area (Å²) in [6, 6.07) is 0. The van der Waals surface area contributed by atoms with Crippen LogP contribution in [0.4, 0.5) is 5.82 Å². The van der Waals surface area contributed by atoms with Crippen LogP contribution in [0.25, 0.3) is 0 Å². The molecule has 0 fully saturated rings. The van der Waals surface area contributed by atoms with Crippen LogP contribution in [-0.2, 0) is 6.42 Å². The molecule has 0 aromatic carbocycles. The van der Waals surface area contributed by atoms with Gasteiger partial charge in [0.15, 0.2) is 11.6 Å². The third kappa shape index (κ3) is 1.50. The van der Waals surface area contributed by atoms with Crippen molar-refractivity contribution in [2.75, 3.05) is 26.5 Å². The first-order valence-electron chi connectivity index (χ1n) is 5.32. The van der Waals surface area contributed by atoms with Gasteiger partial charge in [0.1, 0.15) is 0 Å². The maximum Gasteiger partial charge on any atom is 0.171 e. The van der Waals surface area contributed by atoms with E-state index in [1.165, 1.54) is 0 Å². The van der Waals surface area contributed by atoms with Crippen molar-refractivity contribution in [3.63, 3.8) is 0 Å². The van der Waals surface area contributed by atoms with E-state index in [-0.39, 0.29) is 11.4 Å². The number of Topliss-reactive ketones (excluding diaryl/α,β-unsaturated/α-hetero) is 1. The van der Waals surface area contributed by atoms with E-state index in [4.69, 9.17) is 0 Å². The van der Waals surface area contributed by atoms with Crippen molar-refractivity contribution >= 4 is 11.6 Å².